The molecular weight excluding hydrogens is 422 g/mol. The molecule has 0 bridgehead atoms. The van der Waals surface area contributed by atoms with Crippen LogP contribution in [0.4, 0.5) is 0 Å². The van der Waals surface area contributed by atoms with Gasteiger partial charge in [0, 0.05) is 30.0 Å². The van der Waals surface area contributed by atoms with Gasteiger partial charge in [-0.05, 0) is 63.4 Å². The number of hydrogen-bond acceptors (Lipinski definition) is 6. The maximum absolute atomic E-state index is 11.2. The van der Waals surface area contributed by atoms with E-state index < -0.39 is 5.97 Å². The van der Waals surface area contributed by atoms with E-state index in [1.54, 1.807) is 24.5 Å². The molecule has 1 saturated heterocycles. The van der Waals surface area contributed by atoms with E-state index in [0.29, 0.717) is 29.4 Å². The molecule has 0 saturated carbocycles. The van der Waals surface area contributed by atoms with Crippen LogP contribution in [0.3, 0.4) is 0 Å². The molecule has 9 heteroatoms. The number of benzene rings is 1. The van der Waals surface area contributed by atoms with Gasteiger partial charge in [-0.3, -0.25) is 0 Å². The first-order valence-corrected chi connectivity index (χ1v) is 11.1. The molecule has 1 aliphatic heterocycles. The first-order chi connectivity index (χ1) is 16.0. The van der Waals surface area contributed by atoms with Crippen molar-refractivity contribution < 1.29 is 19.4 Å². The molecule has 0 aliphatic carbocycles. The molecule has 1 atom stereocenters. The highest BCUT2D eigenvalue weighted by Gasteiger charge is 2.23. The molecule has 33 heavy (non-hydrogen) atoms. The average Bonchev–Trinajstić information content (AvgIpc) is 3.45. The molecule has 9 nitrogen and oxygen atoms in total. The number of nitrogens with one attached hydrogen (secondary N) is 1. The van der Waals surface area contributed by atoms with Gasteiger partial charge in [0.2, 0.25) is 0 Å². The summed E-state index contributed by atoms with van der Waals surface area (Å²) in [5.41, 5.74) is 2.93. The van der Waals surface area contributed by atoms with Crippen LogP contribution >= 0.6 is 0 Å². The minimum atomic E-state index is -1.02. The lowest BCUT2D eigenvalue weighted by Gasteiger charge is -2.23. The fourth-order valence-corrected chi connectivity index (χ4v) is 4.07. The first-order valence-electron chi connectivity index (χ1n) is 11.1. The van der Waals surface area contributed by atoms with Gasteiger partial charge in [0.15, 0.2) is 12.1 Å². The lowest BCUT2D eigenvalue weighted by Crippen LogP contribution is -2.19. The highest BCUT2D eigenvalue weighted by molar-refractivity contribution is 5.93. The van der Waals surface area contributed by atoms with E-state index in [2.05, 4.69) is 9.97 Å². The van der Waals surface area contributed by atoms with Crippen LogP contribution in [-0.4, -0.2) is 48.5 Å². The van der Waals surface area contributed by atoms with E-state index >= 15 is 0 Å². The fourth-order valence-electron chi connectivity index (χ4n) is 4.07. The quantitative estimate of drug-likeness (QED) is 0.441. The molecule has 1 aromatic carbocycles. The first kappa shape index (κ1) is 21.1. The number of carboxylic acid groups (broad SMARTS) is 1. The maximum Gasteiger partial charge on any atom is 0.352 e. The normalized spacial score (nSPS) is 16.4. The summed E-state index contributed by atoms with van der Waals surface area (Å²) in [6, 6.07) is 9.20. The molecule has 1 aliphatic rings. The molecule has 2 N–H and O–H groups in total. The second-order valence-electron chi connectivity index (χ2n) is 8.33. The van der Waals surface area contributed by atoms with Crippen molar-refractivity contribution in [3.8, 4) is 28.5 Å². The van der Waals surface area contributed by atoms with Crippen molar-refractivity contribution in [2.24, 2.45) is 0 Å². The minimum Gasteiger partial charge on any atom is -0.491 e. The zero-order chi connectivity index (χ0) is 22.9. The average molecular weight is 447 g/mol. The number of carbonyl (C=O) groups is 1. The highest BCUT2D eigenvalue weighted by Crippen LogP contribution is 2.34. The van der Waals surface area contributed by atoms with Gasteiger partial charge in [-0.2, -0.15) is 5.10 Å². The Balaban J connectivity index is 1.62. The van der Waals surface area contributed by atoms with E-state index in [1.807, 2.05) is 36.7 Å². The number of ether oxygens (including phenoxy) is 2. The Labute approximate surface area is 190 Å². The molecule has 5 rings (SSSR count). The number of H-pyrrole nitrogens is 1. The van der Waals surface area contributed by atoms with Crippen molar-refractivity contribution in [1.29, 1.82) is 0 Å². The summed E-state index contributed by atoms with van der Waals surface area (Å²) in [6.45, 7) is 4.68. The Kier molecular flexibility index (Phi) is 5.55. The summed E-state index contributed by atoms with van der Waals surface area (Å²) in [6.07, 6.45) is 6.20. The van der Waals surface area contributed by atoms with Gasteiger partial charge in [0.25, 0.3) is 0 Å². The molecular formula is C24H25N5O4. The Morgan fingerprint density at radius 3 is 2.88 bits per heavy atom. The van der Waals surface area contributed by atoms with Crippen molar-refractivity contribution in [2.45, 2.75) is 45.4 Å². The van der Waals surface area contributed by atoms with Gasteiger partial charge < -0.3 is 19.6 Å². The van der Waals surface area contributed by atoms with E-state index in [4.69, 9.17) is 19.6 Å². The maximum atomic E-state index is 11.2. The third-order valence-electron chi connectivity index (χ3n) is 5.55. The standard InChI is InChI=1S/C24H25N5O4/c1-14(2)33-16-6-7-20-17(12-16)22(28-29(20)21-5-3-4-10-32-21)23-25-9-8-18(27-23)15-11-19(24(30)31)26-13-15/h6-9,11-14,21,26H,3-5,10H2,1-2H3,(H,30,31). The smallest absolute Gasteiger partial charge is 0.352 e. The molecule has 0 radical (unpaired) electrons. The van der Waals surface area contributed by atoms with Crippen LogP contribution in [-0.2, 0) is 4.74 Å². The van der Waals surface area contributed by atoms with E-state index in [-0.39, 0.29) is 18.0 Å². The number of aromatic nitrogens is 5. The molecule has 170 valence electrons. The zero-order valence-electron chi connectivity index (χ0n) is 18.5. The fraction of sp³-hybridized carbons (Fsp3) is 0.333. The predicted molar refractivity (Wildman–Crippen MR) is 122 cm³/mol. The molecule has 4 aromatic rings. The van der Waals surface area contributed by atoms with Gasteiger partial charge >= 0.3 is 5.97 Å². The number of aromatic amines is 1. The Morgan fingerprint density at radius 2 is 2.15 bits per heavy atom. The number of hydrogen-bond donors (Lipinski definition) is 2. The van der Waals surface area contributed by atoms with Crippen molar-refractivity contribution in [3.63, 3.8) is 0 Å². The summed E-state index contributed by atoms with van der Waals surface area (Å²) in [7, 11) is 0. The van der Waals surface area contributed by atoms with Crippen molar-refractivity contribution in [3.05, 3.63) is 48.4 Å². The molecule has 1 fully saturated rings. The predicted octanol–water partition coefficient (Wildman–Crippen LogP) is 4.67. The summed E-state index contributed by atoms with van der Waals surface area (Å²) in [4.78, 5) is 23.2. The summed E-state index contributed by atoms with van der Waals surface area (Å²) < 4.78 is 13.8. The zero-order valence-corrected chi connectivity index (χ0v) is 18.5. The Hall–Kier alpha value is -3.72. The summed E-state index contributed by atoms with van der Waals surface area (Å²) >= 11 is 0. The Bertz CT molecular complexity index is 1300. The van der Waals surface area contributed by atoms with E-state index in [1.165, 1.54) is 0 Å². The van der Waals surface area contributed by atoms with Crippen LogP contribution < -0.4 is 4.74 Å². The van der Waals surface area contributed by atoms with Crippen molar-refractivity contribution in [2.75, 3.05) is 6.61 Å². The van der Waals surface area contributed by atoms with Gasteiger partial charge in [0.05, 0.1) is 17.3 Å². The largest absolute Gasteiger partial charge is 0.491 e. The van der Waals surface area contributed by atoms with Gasteiger partial charge in [-0.15, -0.1) is 0 Å². The van der Waals surface area contributed by atoms with Crippen LogP contribution in [0.15, 0.2) is 42.7 Å². The second kappa shape index (κ2) is 8.67. The van der Waals surface area contributed by atoms with Crippen LogP contribution in [0.25, 0.3) is 33.7 Å². The lowest BCUT2D eigenvalue weighted by atomic mass is 10.1. The number of nitrogens with zero attached hydrogens (tertiary/aromatic N) is 4. The SMILES string of the molecule is CC(C)Oc1ccc2c(c1)c(-c1nccc(-c3c[nH]c(C(=O)O)c3)n1)nn2C1CCCCO1. The number of rotatable bonds is 6. The van der Waals surface area contributed by atoms with Gasteiger partial charge in [-0.25, -0.2) is 19.4 Å². The monoisotopic (exact) mass is 447 g/mol. The summed E-state index contributed by atoms with van der Waals surface area (Å²) in [5, 5.41) is 15.0. The number of fused-ring (bicyclic) bond motifs is 1. The van der Waals surface area contributed by atoms with Crippen molar-refractivity contribution in [1.82, 2.24) is 24.7 Å². The highest BCUT2D eigenvalue weighted by atomic mass is 16.5. The molecule has 3 aromatic heterocycles. The molecule has 0 amide bonds. The van der Waals surface area contributed by atoms with Gasteiger partial charge in [-0.1, -0.05) is 0 Å². The number of aromatic carboxylic acids is 1. The summed E-state index contributed by atoms with van der Waals surface area (Å²) in [5.74, 6) is 0.174. The van der Waals surface area contributed by atoms with Crippen LogP contribution in [0.1, 0.15) is 49.8 Å². The van der Waals surface area contributed by atoms with Gasteiger partial charge in [0.1, 0.15) is 17.1 Å². The lowest BCUT2D eigenvalue weighted by molar-refractivity contribution is -0.0365. The van der Waals surface area contributed by atoms with Crippen molar-refractivity contribution >= 4 is 16.9 Å². The molecule has 4 heterocycles. The topological polar surface area (TPSA) is 115 Å². The van der Waals surface area contributed by atoms with Crippen LogP contribution in [0.5, 0.6) is 5.75 Å². The third-order valence-corrected chi connectivity index (χ3v) is 5.55. The molecule has 0 spiro atoms. The third kappa shape index (κ3) is 4.19. The van der Waals surface area contributed by atoms with Crippen LogP contribution in [0.2, 0.25) is 0 Å². The number of carboxylic acids is 1. The van der Waals surface area contributed by atoms with Crippen LogP contribution in [0, 0.1) is 0 Å². The van der Waals surface area contributed by atoms with E-state index in [9.17, 15) is 9.90 Å². The molecule has 1 unspecified atom stereocenters. The second-order valence-corrected chi connectivity index (χ2v) is 8.33. The Morgan fingerprint density at radius 1 is 1.27 bits per heavy atom. The van der Waals surface area contributed by atoms with E-state index in [0.717, 1.165) is 35.9 Å². The minimum absolute atomic E-state index is 0.0409.